The van der Waals surface area contributed by atoms with Crippen LogP contribution < -0.4 is 10.6 Å². The number of carbonyl (C=O) groups is 2. The molecule has 1 aromatic carbocycles. The molecule has 2 amide bonds. The molecule has 0 fully saturated rings. The number of benzene rings is 1. The van der Waals surface area contributed by atoms with Crippen LogP contribution in [0.25, 0.3) is 6.08 Å². The largest absolute Gasteiger partial charge is 0.343 e. The number of nitrogens with zero attached hydrogens (tertiary/aromatic N) is 1. The van der Waals surface area contributed by atoms with Crippen LogP contribution in [0.3, 0.4) is 0 Å². The fourth-order valence-electron chi connectivity index (χ4n) is 1.43. The van der Waals surface area contributed by atoms with Crippen molar-refractivity contribution < 1.29 is 9.59 Å². The molecular formula is C14H12BrN3O2S. The predicted molar refractivity (Wildman–Crippen MR) is 86.9 cm³/mol. The van der Waals surface area contributed by atoms with Gasteiger partial charge in [0.2, 0.25) is 11.8 Å². The molecule has 0 radical (unpaired) electrons. The maximum Gasteiger partial charge on any atom is 0.244 e. The van der Waals surface area contributed by atoms with Gasteiger partial charge in [0.25, 0.3) is 0 Å². The first kappa shape index (κ1) is 15.4. The molecule has 1 heterocycles. The van der Waals surface area contributed by atoms with E-state index >= 15 is 0 Å². The van der Waals surface area contributed by atoms with Crippen molar-refractivity contribution in [3.05, 3.63) is 51.4 Å². The molecule has 108 valence electrons. The molecule has 0 unspecified atom stereocenters. The minimum absolute atomic E-state index is 0.0862. The summed E-state index contributed by atoms with van der Waals surface area (Å²) in [6.45, 7) is -0.0862. The van der Waals surface area contributed by atoms with Crippen molar-refractivity contribution in [3.63, 3.8) is 0 Å². The van der Waals surface area contributed by atoms with Gasteiger partial charge in [0.05, 0.1) is 6.54 Å². The first-order chi connectivity index (χ1) is 10.1. The molecule has 21 heavy (non-hydrogen) atoms. The highest BCUT2D eigenvalue weighted by Crippen LogP contribution is 2.13. The number of anilines is 1. The van der Waals surface area contributed by atoms with E-state index in [9.17, 15) is 9.59 Å². The Morgan fingerprint density at radius 3 is 2.71 bits per heavy atom. The summed E-state index contributed by atoms with van der Waals surface area (Å²) in [7, 11) is 0. The van der Waals surface area contributed by atoms with Gasteiger partial charge in [-0.05, 0) is 30.3 Å². The van der Waals surface area contributed by atoms with Crippen molar-refractivity contribution in [3.8, 4) is 0 Å². The lowest BCUT2D eigenvalue weighted by molar-refractivity contribution is -0.121. The Morgan fingerprint density at radius 2 is 2.05 bits per heavy atom. The molecule has 0 saturated heterocycles. The summed E-state index contributed by atoms with van der Waals surface area (Å²) in [6.07, 6.45) is 4.62. The van der Waals surface area contributed by atoms with Gasteiger partial charge in [-0.2, -0.15) is 0 Å². The summed E-state index contributed by atoms with van der Waals surface area (Å²) in [5.74, 6) is -0.621. The van der Waals surface area contributed by atoms with E-state index in [1.165, 1.54) is 17.4 Å². The van der Waals surface area contributed by atoms with Crippen molar-refractivity contribution in [2.45, 2.75) is 0 Å². The monoisotopic (exact) mass is 365 g/mol. The van der Waals surface area contributed by atoms with Gasteiger partial charge in [-0.1, -0.05) is 15.9 Å². The van der Waals surface area contributed by atoms with Crippen molar-refractivity contribution in [2.75, 3.05) is 11.9 Å². The molecule has 0 atom stereocenters. The SMILES string of the molecule is O=C(/C=C\c1nccs1)NCC(=O)Nc1ccc(Br)cc1. The van der Waals surface area contributed by atoms with Crippen molar-refractivity contribution in [1.29, 1.82) is 0 Å². The second kappa shape index (κ2) is 7.70. The number of amides is 2. The Hall–Kier alpha value is -1.99. The van der Waals surface area contributed by atoms with Crippen LogP contribution in [0.2, 0.25) is 0 Å². The van der Waals surface area contributed by atoms with Crippen LogP contribution >= 0.6 is 27.3 Å². The molecule has 2 aromatic rings. The minimum atomic E-state index is -0.337. The smallest absolute Gasteiger partial charge is 0.244 e. The molecule has 5 nitrogen and oxygen atoms in total. The molecule has 2 rings (SSSR count). The number of nitrogens with one attached hydrogen (secondary N) is 2. The lowest BCUT2D eigenvalue weighted by Gasteiger charge is -2.05. The quantitative estimate of drug-likeness (QED) is 0.800. The summed E-state index contributed by atoms with van der Waals surface area (Å²) >= 11 is 4.74. The van der Waals surface area contributed by atoms with Gasteiger partial charge in [0.15, 0.2) is 0 Å². The van der Waals surface area contributed by atoms with E-state index in [0.717, 1.165) is 9.48 Å². The topological polar surface area (TPSA) is 71.1 Å². The first-order valence-corrected chi connectivity index (χ1v) is 7.71. The summed E-state index contributed by atoms with van der Waals surface area (Å²) in [5.41, 5.74) is 0.677. The minimum Gasteiger partial charge on any atom is -0.343 e. The lowest BCUT2D eigenvalue weighted by Crippen LogP contribution is -2.31. The summed E-state index contributed by atoms with van der Waals surface area (Å²) in [4.78, 5) is 27.2. The summed E-state index contributed by atoms with van der Waals surface area (Å²) in [5, 5.41) is 7.75. The number of thiazole rings is 1. The van der Waals surface area contributed by atoms with Crippen LogP contribution in [-0.4, -0.2) is 23.3 Å². The van der Waals surface area contributed by atoms with Gasteiger partial charge in [-0.25, -0.2) is 4.98 Å². The molecule has 0 saturated carbocycles. The highest BCUT2D eigenvalue weighted by Gasteiger charge is 2.04. The van der Waals surface area contributed by atoms with Gasteiger partial charge in [0.1, 0.15) is 5.01 Å². The zero-order valence-electron chi connectivity index (χ0n) is 10.9. The van der Waals surface area contributed by atoms with E-state index in [2.05, 4.69) is 31.5 Å². The van der Waals surface area contributed by atoms with E-state index in [1.807, 2.05) is 17.5 Å². The Kier molecular flexibility index (Phi) is 5.65. The Labute approximate surface area is 134 Å². The third kappa shape index (κ3) is 5.49. The molecule has 7 heteroatoms. The van der Waals surface area contributed by atoms with Gasteiger partial charge < -0.3 is 10.6 Å². The molecule has 0 spiro atoms. The number of rotatable bonds is 5. The third-order valence-electron chi connectivity index (χ3n) is 2.38. The fraction of sp³-hybridized carbons (Fsp3) is 0.0714. The Morgan fingerprint density at radius 1 is 1.29 bits per heavy atom. The van der Waals surface area contributed by atoms with E-state index in [1.54, 1.807) is 24.4 Å². The molecule has 2 N–H and O–H groups in total. The van der Waals surface area contributed by atoms with Crippen LogP contribution in [-0.2, 0) is 9.59 Å². The van der Waals surface area contributed by atoms with Gasteiger partial charge in [0, 0.05) is 27.8 Å². The van der Waals surface area contributed by atoms with Crippen molar-refractivity contribution in [1.82, 2.24) is 10.3 Å². The number of aromatic nitrogens is 1. The number of halogens is 1. The predicted octanol–water partition coefficient (Wildman–Crippen LogP) is 2.67. The zero-order valence-corrected chi connectivity index (χ0v) is 13.3. The van der Waals surface area contributed by atoms with Crippen LogP contribution in [0.15, 0.2) is 46.4 Å². The number of hydrogen-bond acceptors (Lipinski definition) is 4. The average molecular weight is 366 g/mol. The normalized spacial score (nSPS) is 10.5. The molecular weight excluding hydrogens is 354 g/mol. The van der Waals surface area contributed by atoms with Gasteiger partial charge in [-0.3, -0.25) is 9.59 Å². The number of hydrogen-bond donors (Lipinski definition) is 2. The molecule has 0 bridgehead atoms. The van der Waals surface area contributed by atoms with Crippen LogP contribution in [0.4, 0.5) is 5.69 Å². The van der Waals surface area contributed by atoms with E-state index < -0.39 is 0 Å². The van der Waals surface area contributed by atoms with Gasteiger partial charge in [-0.15, -0.1) is 11.3 Å². The third-order valence-corrected chi connectivity index (χ3v) is 3.65. The Balaban J connectivity index is 1.75. The summed E-state index contributed by atoms with van der Waals surface area (Å²) < 4.78 is 0.932. The van der Waals surface area contributed by atoms with Crippen LogP contribution in [0.5, 0.6) is 0 Å². The maximum absolute atomic E-state index is 11.7. The van der Waals surface area contributed by atoms with Crippen LogP contribution in [0.1, 0.15) is 5.01 Å². The van der Waals surface area contributed by atoms with Crippen molar-refractivity contribution >= 4 is 50.8 Å². The van der Waals surface area contributed by atoms with E-state index in [4.69, 9.17) is 0 Å². The molecule has 0 aliphatic heterocycles. The fourth-order valence-corrected chi connectivity index (χ4v) is 2.22. The second-order valence-corrected chi connectivity index (χ2v) is 5.82. The highest BCUT2D eigenvalue weighted by molar-refractivity contribution is 9.10. The second-order valence-electron chi connectivity index (χ2n) is 3.98. The molecule has 1 aromatic heterocycles. The highest BCUT2D eigenvalue weighted by atomic mass is 79.9. The first-order valence-electron chi connectivity index (χ1n) is 6.04. The molecule has 0 aliphatic rings. The molecule has 0 aliphatic carbocycles. The summed E-state index contributed by atoms with van der Waals surface area (Å²) in [6, 6.07) is 7.19. The van der Waals surface area contributed by atoms with E-state index in [0.29, 0.717) is 5.69 Å². The number of carbonyl (C=O) groups excluding carboxylic acids is 2. The van der Waals surface area contributed by atoms with Gasteiger partial charge >= 0.3 is 0 Å². The van der Waals surface area contributed by atoms with E-state index in [-0.39, 0.29) is 18.4 Å². The average Bonchev–Trinajstić information content (AvgIpc) is 2.99. The lowest BCUT2D eigenvalue weighted by atomic mass is 10.3. The standard InChI is InChI=1S/C14H12BrN3O2S/c15-10-1-3-11(4-2-10)18-13(20)9-17-12(19)5-6-14-16-7-8-21-14/h1-8H,9H2,(H,17,19)(H,18,20)/b6-5-. The zero-order chi connectivity index (χ0) is 15.1. The van der Waals surface area contributed by atoms with Crippen LogP contribution in [0, 0.1) is 0 Å². The van der Waals surface area contributed by atoms with Crippen molar-refractivity contribution in [2.24, 2.45) is 0 Å². The Bertz CT molecular complexity index is 639. The maximum atomic E-state index is 11.7.